The molecule has 1 heterocycles. The third kappa shape index (κ3) is 2.86. The Hall–Kier alpha value is -2.20. The molecule has 0 bridgehead atoms. The van der Waals surface area contributed by atoms with Crippen molar-refractivity contribution in [3.05, 3.63) is 53.1 Å². The lowest BCUT2D eigenvalue weighted by atomic mass is 9.76. The molecular weight excluding hydrogens is 312 g/mol. The molecule has 1 aliphatic heterocycles. The van der Waals surface area contributed by atoms with Crippen LogP contribution < -0.4 is 15.4 Å². The molecular formula is C18H17ClN2O2. The van der Waals surface area contributed by atoms with Crippen LogP contribution in [-0.4, -0.2) is 18.6 Å². The SMILES string of the molecule is O=C1COc2c(cc(Cl)cc2NC2CC(c3ccccc3)C2)N1. The summed E-state index contributed by atoms with van der Waals surface area (Å²) in [7, 11) is 0. The molecule has 0 aromatic heterocycles. The van der Waals surface area contributed by atoms with Gasteiger partial charge < -0.3 is 15.4 Å². The molecule has 2 aromatic carbocycles. The molecule has 4 rings (SSSR count). The van der Waals surface area contributed by atoms with Gasteiger partial charge in [0.15, 0.2) is 12.4 Å². The number of halogens is 1. The van der Waals surface area contributed by atoms with Crippen LogP contribution in [0.3, 0.4) is 0 Å². The Labute approximate surface area is 139 Å². The van der Waals surface area contributed by atoms with Gasteiger partial charge in [-0.2, -0.15) is 0 Å². The van der Waals surface area contributed by atoms with Crippen LogP contribution in [0.5, 0.6) is 5.75 Å². The molecule has 23 heavy (non-hydrogen) atoms. The number of anilines is 2. The lowest BCUT2D eigenvalue weighted by molar-refractivity contribution is -0.118. The summed E-state index contributed by atoms with van der Waals surface area (Å²) in [5, 5.41) is 6.88. The van der Waals surface area contributed by atoms with E-state index in [1.807, 2.05) is 12.1 Å². The molecule has 0 atom stereocenters. The van der Waals surface area contributed by atoms with Gasteiger partial charge in [0.2, 0.25) is 0 Å². The highest BCUT2D eigenvalue weighted by Crippen LogP contribution is 2.43. The van der Waals surface area contributed by atoms with Gasteiger partial charge in [-0.1, -0.05) is 41.9 Å². The van der Waals surface area contributed by atoms with E-state index >= 15 is 0 Å². The molecule has 2 N–H and O–H groups in total. The number of fused-ring (bicyclic) bond motifs is 1. The highest BCUT2D eigenvalue weighted by molar-refractivity contribution is 6.31. The van der Waals surface area contributed by atoms with Gasteiger partial charge in [0.05, 0.1) is 11.4 Å². The average Bonchev–Trinajstić information content (AvgIpc) is 2.50. The van der Waals surface area contributed by atoms with E-state index in [1.165, 1.54) is 5.56 Å². The van der Waals surface area contributed by atoms with Gasteiger partial charge in [-0.3, -0.25) is 4.79 Å². The van der Waals surface area contributed by atoms with Gasteiger partial charge >= 0.3 is 0 Å². The fraction of sp³-hybridized carbons (Fsp3) is 0.278. The normalized spacial score (nSPS) is 22.4. The Morgan fingerprint density at radius 1 is 1.17 bits per heavy atom. The van der Waals surface area contributed by atoms with E-state index in [9.17, 15) is 4.79 Å². The predicted octanol–water partition coefficient (Wildman–Crippen LogP) is 4.03. The van der Waals surface area contributed by atoms with Crippen LogP contribution in [0.2, 0.25) is 5.02 Å². The Kier molecular flexibility index (Phi) is 3.62. The summed E-state index contributed by atoms with van der Waals surface area (Å²) in [6, 6.07) is 14.5. The fourth-order valence-corrected chi connectivity index (χ4v) is 3.44. The summed E-state index contributed by atoms with van der Waals surface area (Å²) in [5.74, 6) is 1.12. The second kappa shape index (κ2) is 5.78. The molecule has 2 aliphatic rings. The van der Waals surface area contributed by atoms with Crippen LogP contribution in [-0.2, 0) is 4.79 Å². The van der Waals surface area contributed by atoms with Crippen LogP contribution in [0, 0.1) is 0 Å². The van der Waals surface area contributed by atoms with Crippen molar-refractivity contribution in [2.24, 2.45) is 0 Å². The summed E-state index contributed by atoms with van der Waals surface area (Å²) in [6.45, 7) is 0.0423. The number of carbonyl (C=O) groups is 1. The highest BCUT2D eigenvalue weighted by atomic mass is 35.5. The first-order chi connectivity index (χ1) is 11.2. The smallest absolute Gasteiger partial charge is 0.262 e. The van der Waals surface area contributed by atoms with Crippen molar-refractivity contribution in [2.75, 3.05) is 17.2 Å². The number of carbonyl (C=O) groups excluding carboxylic acids is 1. The number of benzene rings is 2. The summed E-state index contributed by atoms with van der Waals surface area (Å²) in [6.07, 6.45) is 2.16. The van der Waals surface area contributed by atoms with Crippen molar-refractivity contribution in [3.63, 3.8) is 0 Å². The van der Waals surface area contributed by atoms with Crippen LogP contribution in [0.1, 0.15) is 24.3 Å². The van der Waals surface area contributed by atoms with Gasteiger partial charge in [0.25, 0.3) is 5.91 Å². The van der Waals surface area contributed by atoms with E-state index in [-0.39, 0.29) is 12.5 Å². The summed E-state index contributed by atoms with van der Waals surface area (Å²) >= 11 is 6.15. The maximum Gasteiger partial charge on any atom is 0.262 e. The lowest BCUT2D eigenvalue weighted by Gasteiger charge is -2.37. The van der Waals surface area contributed by atoms with Crippen molar-refractivity contribution < 1.29 is 9.53 Å². The number of hydrogen-bond donors (Lipinski definition) is 2. The molecule has 1 aliphatic carbocycles. The predicted molar refractivity (Wildman–Crippen MR) is 91.4 cm³/mol. The van der Waals surface area contributed by atoms with Crippen LogP contribution >= 0.6 is 11.6 Å². The second-order valence-corrected chi connectivity index (χ2v) is 6.52. The summed E-state index contributed by atoms with van der Waals surface area (Å²) < 4.78 is 5.57. The Morgan fingerprint density at radius 3 is 2.74 bits per heavy atom. The lowest BCUT2D eigenvalue weighted by Crippen LogP contribution is -2.34. The number of ether oxygens (including phenoxy) is 1. The maximum atomic E-state index is 11.4. The van der Waals surface area contributed by atoms with Gasteiger partial charge in [0, 0.05) is 11.1 Å². The summed E-state index contributed by atoms with van der Waals surface area (Å²) in [4.78, 5) is 11.4. The molecule has 0 radical (unpaired) electrons. The molecule has 2 aromatic rings. The van der Waals surface area contributed by atoms with Crippen molar-refractivity contribution in [1.82, 2.24) is 0 Å². The zero-order valence-electron chi connectivity index (χ0n) is 12.5. The first kappa shape index (κ1) is 14.4. The Balaban J connectivity index is 1.47. The number of nitrogens with one attached hydrogen (secondary N) is 2. The van der Waals surface area contributed by atoms with Crippen molar-refractivity contribution in [2.45, 2.75) is 24.8 Å². The maximum absolute atomic E-state index is 11.4. The minimum atomic E-state index is -0.154. The van der Waals surface area contributed by atoms with Crippen molar-refractivity contribution in [1.29, 1.82) is 0 Å². The molecule has 1 amide bonds. The monoisotopic (exact) mass is 328 g/mol. The standard InChI is InChI=1S/C18H17ClN2O2/c19-13-8-15(18-16(9-13)21-17(22)10-23-18)20-14-6-12(7-14)11-4-2-1-3-5-11/h1-5,8-9,12,14,20H,6-7,10H2,(H,21,22). The largest absolute Gasteiger partial charge is 0.479 e. The third-order valence-electron chi connectivity index (χ3n) is 4.44. The highest BCUT2D eigenvalue weighted by Gasteiger charge is 2.31. The van der Waals surface area contributed by atoms with E-state index < -0.39 is 0 Å². The van der Waals surface area contributed by atoms with E-state index in [0.717, 1.165) is 18.5 Å². The van der Waals surface area contributed by atoms with Crippen LogP contribution in [0.25, 0.3) is 0 Å². The minimum Gasteiger partial charge on any atom is -0.479 e. The van der Waals surface area contributed by atoms with Crippen molar-refractivity contribution >= 4 is 28.9 Å². The summed E-state index contributed by atoms with van der Waals surface area (Å²) in [5.41, 5.74) is 2.88. The molecule has 0 spiro atoms. The molecule has 118 valence electrons. The Morgan fingerprint density at radius 2 is 1.96 bits per heavy atom. The van der Waals surface area contributed by atoms with E-state index in [1.54, 1.807) is 6.07 Å². The molecule has 5 heteroatoms. The third-order valence-corrected chi connectivity index (χ3v) is 4.66. The quantitative estimate of drug-likeness (QED) is 0.894. The van der Waals surface area contributed by atoms with Gasteiger partial charge in [-0.05, 0) is 36.5 Å². The zero-order valence-corrected chi connectivity index (χ0v) is 13.3. The zero-order chi connectivity index (χ0) is 15.8. The number of amides is 1. The number of rotatable bonds is 3. The fourth-order valence-electron chi connectivity index (χ4n) is 3.23. The van der Waals surface area contributed by atoms with E-state index in [0.29, 0.717) is 28.4 Å². The average molecular weight is 329 g/mol. The van der Waals surface area contributed by atoms with Crippen LogP contribution in [0.4, 0.5) is 11.4 Å². The van der Waals surface area contributed by atoms with Crippen molar-refractivity contribution in [3.8, 4) is 5.75 Å². The van der Waals surface area contributed by atoms with E-state index in [2.05, 4.69) is 34.9 Å². The topological polar surface area (TPSA) is 50.4 Å². The molecule has 4 nitrogen and oxygen atoms in total. The molecule has 0 unspecified atom stereocenters. The second-order valence-electron chi connectivity index (χ2n) is 6.09. The van der Waals surface area contributed by atoms with E-state index in [4.69, 9.17) is 16.3 Å². The molecule has 1 fully saturated rings. The molecule has 1 saturated carbocycles. The molecule has 0 saturated heterocycles. The first-order valence-electron chi connectivity index (χ1n) is 7.77. The van der Waals surface area contributed by atoms with Gasteiger partial charge in [0.1, 0.15) is 0 Å². The van der Waals surface area contributed by atoms with Crippen LogP contribution in [0.15, 0.2) is 42.5 Å². The minimum absolute atomic E-state index is 0.0423. The van der Waals surface area contributed by atoms with Gasteiger partial charge in [-0.25, -0.2) is 0 Å². The Bertz CT molecular complexity index is 742. The first-order valence-corrected chi connectivity index (χ1v) is 8.14. The van der Waals surface area contributed by atoms with Gasteiger partial charge in [-0.15, -0.1) is 0 Å². The number of hydrogen-bond acceptors (Lipinski definition) is 3.